The number of hydrogen-bond acceptors (Lipinski definition) is 5. The van der Waals surface area contributed by atoms with E-state index in [9.17, 15) is 9.59 Å². The van der Waals surface area contributed by atoms with Crippen LogP contribution in [0.15, 0.2) is 72.0 Å². The summed E-state index contributed by atoms with van der Waals surface area (Å²) in [5.41, 5.74) is 8.34. The van der Waals surface area contributed by atoms with Gasteiger partial charge in [-0.25, -0.2) is 9.50 Å². The van der Waals surface area contributed by atoms with Crippen molar-refractivity contribution in [3.05, 3.63) is 94.4 Å². The summed E-state index contributed by atoms with van der Waals surface area (Å²) in [6, 6.07) is 12.0. The average Bonchev–Trinajstić information content (AvgIpc) is 3.39. The number of hydrogen-bond donors (Lipinski definition) is 2. The maximum Gasteiger partial charge on any atom is 0.280 e. The first-order chi connectivity index (χ1) is 16.0. The van der Waals surface area contributed by atoms with Crippen molar-refractivity contribution in [2.75, 3.05) is 5.73 Å². The largest absolute Gasteiger partial charge is 0.381 e. The number of benzene rings is 1. The molecule has 0 radical (unpaired) electrons. The van der Waals surface area contributed by atoms with E-state index in [1.165, 1.54) is 4.52 Å². The molecule has 0 aliphatic heterocycles. The van der Waals surface area contributed by atoms with Gasteiger partial charge in [-0.3, -0.25) is 14.2 Å². The molecule has 1 atom stereocenters. The average molecular weight is 437 g/mol. The van der Waals surface area contributed by atoms with Crippen LogP contribution in [0.25, 0.3) is 16.9 Å². The lowest BCUT2D eigenvalue weighted by atomic mass is 10.1. The molecule has 0 aliphatic rings. The third-order valence-corrected chi connectivity index (χ3v) is 5.46. The molecule has 0 unspecified atom stereocenters. The van der Waals surface area contributed by atoms with Crippen LogP contribution in [-0.4, -0.2) is 29.5 Å². The molecule has 0 aliphatic carbocycles. The van der Waals surface area contributed by atoms with Gasteiger partial charge in [0.2, 0.25) is 0 Å². The molecule has 9 nitrogen and oxygen atoms in total. The number of nitrogens with one attached hydrogen (secondary N) is 1. The Kier molecular flexibility index (Phi) is 4.68. The lowest BCUT2D eigenvalue weighted by Gasteiger charge is -2.20. The molecule has 4 aromatic heterocycles. The van der Waals surface area contributed by atoms with E-state index < -0.39 is 11.9 Å². The van der Waals surface area contributed by atoms with Crippen molar-refractivity contribution in [3.8, 4) is 18.0 Å². The summed E-state index contributed by atoms with van der Waals surface area (Å²) in [5, 5.41) is 7.07. The van der Waals surface area contributed by atoms with Gasteiger partial charge in [0, 0.05) is 30.5 Å². The summed E-state index contributed by atoms with van der Waals surface area (Å²) in [6.07, 6.45) is 12.3. The Balaban J connectivity index is 1.63. The molecule has 162 valence electrons. The molecular formula is C24H19N7O2. The summed E-state index contributed by atoms with van der Waals surface area (Å²) >= 11 is 0. The zero-order chi connectivity index (χ0) is 23.1. The normalized spacial score (nSPS) is 12.0. The van der Waals surface area contributed by atoms with Crippen molar-refractivity contribution in [1.29, 1.82) is 0 Å². The fourth-order valence-corrected chi connectivity index (χ4v) is 3.93. The van der Waals surface area contributed by atoms with Gasteiger partial charge in [0.25, 0.3) is 11.5 Å². The number of para-hydroxylation sites is 1. The molecule has 9 heteroatoms. The minimum absolute atomic E-state index is 0.0679. The second-order valence-corrected chi connectivity index (χ2v) is 7.50. The number of nitrogens with two attached hydrogens (primary N) is 1. The summed E-state index contributed by atoms with van der Waals surface area (Å²) in [4.78, 5) is 30.9. The van der Waals surface area contributed by atoms with Crippen LogP contribution in [0, 0.1) is 12.3 Å². The van der Waals surface area contributed by atoms with Gasteiger partial charge < -0.3 is 15.5 Å². The molecule has 5 aromatic rings. The Hall–Kier alpha value is -4.84. The lowest BCUT2D eigenvalue weighted by Crippen LogP contribution is -2.33. The lowest BCUT2D eigenvalue weighted by molar-refractivity contribution is 0.0941. The maximum atomic E-state index is 13.5. The van der Waals surface area contributed by atoms with E-state index >= 15 is 0 Å². The zero-order valence-electron chi connectivity index (χ0n) is 17.6. The molecular weight excluding hydrogens is 418 g/mol. The highest BCUT2D eigenvalue weighted by atomic mass is 16.2. The van der Waals surface area contributed by atoms with Crippen molar-refractivity contribution in [2.24, 2.45) is 0 Å². The van der Waals surface area contributed by atoms with Crippen LogP contribution in [0.5, 0.6) is 0 Å². The van der Waals surface area contributed by atoms with Gasteiger partial charge in [-0.2, -0.15) is 0 Å². The van der Waals surface area contributed by atoms with E-state index in [1.807, 2.05) is 30.3 Å². The second kappa shape index (κ2) is 7.69. The van der Waals surface area contributed by atoms with Gasteiger partial charge >= 0.3 is 0 Å². The Morgan fingerprint density at radius 3 is 2.73 bits per heavy atom. The summed E-state index contributed by atoms with van der Waals surface area (Å²) in [7, 11) is 0. The molecule has 0 spiro atoms. The zero-order valence-corrected chi connectivity index (χ0v) is 17.6. The SMILES string of the molecule is C#Cc1ccn2cc([C@H](C)NC(=O)c3c(N)nn4cccnc34)n(-c3ccccc3)c(=O)c12. The number of nitrogens with zero attached hydrogens (tertiary/aromatic N) is 5. The van der Waals surface area contributed by atoms with E-state index in [0.717, 1.165) is 0 Å². The molecule has 0 bridgehead atoms. The van der Waals surface area contributed by atoms with Crippen LogP contribution in [0.2, 0.25) is 0 Å². The van der Waals surface area contributed by atoms with Crippen molar-refractivity contribution in [1.82, 2.24) is 28.9 Å². The topological polar surface area (TPSA) is 112 Å². The van der Waals surface area contributed by atoms with E-state index in [-0.39, 0.29) is 16.9 Å². The van der Waals surface area contributed by atoms with Crippen LogP contribution < -0.4 is 16.6 Å². The highest BCUT2D eigenvalue weighted by Crippen LogP contribution is 2.21. The first kappa shape index (κ1) is 20.1. The minimum atomic E-state index is -0.565. The number of nitrogen functional groups attached to an aromatic ring is 1. The number of carbonyl (C=O) groups is 1. The first-order valence-corrected chi connectivity index (χ1v) is 10.2. The summed E-state index contributed by atoms with van der Waals surface area (Å²) < 4.78 is 4.68. The summed E-state index contributed by atoms with van der Waals surface area (Å²) in [6.45, 7) is 1.79. The molecule has 0 saturated carbocycles. The van der Waals surface area contributed by atoms with E-state index in [0.29, 0.717) is 28.1 Å². The smallest absolute Gasteiger partial charge is 0.280 e. The van der Waals surface area contributed by atoms with Gasteiger partial charge in [-0.05, 0) is 31.2 Å². The molecule has 0 saturated heterocycles. The molecule has 3 N–H and O–H groups in total. The number of terminal acetylenes is 1. The molecule has 1 amide bonds. The van der Waals surface area contributed by atoms with Gasteiger partial charge in [0.05, 0.1) is 17.3 Å². The van der Waals surface area contributed by atoms with Crippen LogP contribution in [0.3, 0.4) is 0 Å². The Morgan fingerprint density at radius 1 is 1.18 bits per heavy atom. The molecule has 0 fully saturated rings. The van der Waals surface area contributed by atoms with Crippen molar-refractivity contribution in [2.45, 2.75) is 13.0 Å². The van der Waals surface area contributed by atoms with Crippen molar-refractivity contribution in [3.63, 3.8) is 0 Å². The number of carbonyl (C=O) groups excluding carboxylic acids is 1. The van der Waals surface area contributed by atoms with Crippen molar-refractivity contribution >= 4 is 22.9 Å². The van der Waals surface area contributed by atoms with Crippen LogP contribution in [0.4, 0.5) is 5.82 Å². The van der Waals surface area contributed by atoms with E-state index in [2.05, 4.69) is 21.3 Å². The van der Waals surface area contributed by atoms with Crippen LogP contribution in [0.1, 0.15) is 34.6 Å². The highest BCUT2D eigenvalue weighted by Gasteiger charge is 2.24. The molecule has 1 aromatic carbocycles. The monoisotopic (exact) mass is 437 g/mol. The van der Waals surface area contributed by atoms with Gasteiger partial charge in [0.15, 0.2) is 11.5 Å². The predicted molar refractivity (Wildman–Crippen MR) is 124 cm³/mol. The van der Waals surface area contributed by atoms with E-state index in [4.69, 9.17) is 12.2 Å². The van der Waals surface area contributed by atoms with Gasteiger partial charge in [0.1, 0.15) is 11.1 Å². The Morgan fingerprint density at radius 2 is 1.97 bits per heavy atom. The Labute approximate surface area is 188 Å². The second-order valence-electron chi connectivity index (χ2n) is 7.50. The Bertz CT molecular complexity index is 1620. The fourth-order valence-electron chi connectivity index (χ4n) is 3.93. The summed E-state index contributed by atoms with van der Waals surface area (Å²) in [5.74, 6) is 2.18. The predicted octanol–water partition coefficient (Wildman–Crippen LogP) is 2.19. The molecule has 4 heterocycles. The number of aromatic nitrogens is 5. The van der Waals surface area contributed by atoms with Gasteiger partial charge in [-0.1, -0.05) is 24.1 Å². The highest BCUT2D eigenvalue weighted by molar-refractivity contribution is 6.04. The number of anilines is 1. The van der Waals surface area contributed by atoms with Crippen LogP contribution >= 0.6 is 0 Å². The third-order valence-electron chi connectivity index (χ3n) is 5.46. The number of rotatable bonds is 4. The standard InChI is InChI=1S/C24H19N7O2/c1-3-16-10-13-29-14-18(31(24(33)20(16)29)17-8-5-4-6-9-17)15(2)27-23(32)19-21(25)28-30-12-7-11-26-22(19)30/h1,4-15H,2H3,(H2,25,28)(H,27,32)/t15-/m0/s1. The molecule has 33 heavy (non-hydrogen) atoms. The van der Waals surface area contributed by atoms with E-state index in [1.54, 1.807) is 52.8 Å². The minimum Gasteiger partial charge on any atom is -0.381 e. The molecule has 5 rings (SSSR count). The first-order valence-electron chi connectivity index (χ1n) is 10.2. The van der Waals surface area contributed by atoms with Crippen LogP contribution in [-0.2, 0) is 0 Å². The third kappa shape index (κ3) is 3.21. The maximum absolute atomic E-state index is 13.5. The number of amides is 1. The number of fused-ring (bicyclic) bond motifs is 2. The fraction of sp³-hybridized carbons (Fsp3) is 0.0833. The quantitative estimate of drug-likeness (QED) is 0.419. The van der Waals surface area contributed by atoms with Crippen molar-refractivity contribution < 1.29 is 4.79 Å². The van der Waals surface area contributed by atoms with Gasteiger partial charge in [-0.15, -0.1) is 11.5 Å².